The number of ether oxygens (including phenoxy) is 1. The summed E-state index contributed by atoms with van der Waals surface area (Å²) in [5.41, 5.74) is 11.5. The van der Waals surface area contributed by atoms with Crippen molar-refractivity contribution in [3.63, 3.8) is 0 Å². The smallest absolute Gasteiger partial charge is 0.323 e. The third kappa shape index (κ3) is 18.9. The Hall–Kier alpha value is -1.13. The normalized spacial score (nSPS) is 13.9. The molecule has 0 fully saturated rings. The van der Waals surface area contributed by atoms with Crippen LogP contribution in [0.15, 0.2) is 24.3 Å². The Balaban J connectivity index is 4.34. The summed E-state index contributed by atoms with van der Waals surface area (Å²) in [7, 11) is 0. The van der Waals surface area contributed by atoms with E-state index < -0.39 is 6.04 Å². The zero-order valence-corrected chi connectivity index (χ0v) is 20.0. The minimum Gasteiger partial charge on any atom is -0.461 e. The van der Waals surface area contributed by atoms with Gasteiger partial charge in [0.2, 0.25) is 0 Å². The lowest BCUT2D eigenvalue weighted by molar-refractivity contribution is -0.151. The molecule has 0 aliphatic carbocycles. The molecule has 2 atom stereocenters. The second kappa shape index (κ2) is 22.6. The Morgan fingerprint density at radius 1 is 0.733 bits per heavy atom. The molecule has 0 aliphatic heterocycles. The molecule has 0 aromatic carbocycles. The summed E-state index contributed by atoms with van der Waals surface area (Å²) < 4.78 is 5.79. The average molecular weight is 423 g/mol. The molecule has 4 nitrogen and oxygen atoms in total. The minimum absolute atomic E-state index is 0.0353. The maximum absolute atomic E-state index is 12.4. The Labute approximate surface area is 186 Å². The molecule has 0 amide bonds. The topological polar surface area (TPSA) is 78.3 Å². The van der Waals surface area contributed by atoms with Gasteiger partial charge < -0.3 is 16.2 Å². The van der Waals surface area contributed by atoms with Gasteiger partial charge >= 0.3 is 5.97 Å². The van der Waals surface area contributed by atoms with E-state index in [0.29, 0.717) is 13.0 Å². The van der Waals surface area contributed by atoms with Gasteiger partial charge in [0.1, 0.15) is 12.1 Å². The highest BCUT2D eigenvalue weighted by Gasteiger charge is 2.19. The average Bonchev–Trinajstić information content (AvgIpc) is 2.74. The van der Waals surface area contributed by atoms with E-state index in [9.17, 15) is 4.79 Å². The zero-order chi connectivity index (χ0) is 22.3. The van der Waals surface area contributed by atoms with Crippen LogP contribution in [0.1, 0.15) is 117 Å². The fraction of sp³-hybridized carbons (Fsp3) is 0.808. The lowest BCUT2D eigenvalue weighted by Gasteiger charge is -2.20. The van der Waals surface area contributed by atoms with E-state index >= 15 is 0 Å². The van der Waals surface area contributed by atoms with E-state index in [1.807, 2.05) is 0 Å². The highest BCUT2D eigenvalue weighted by atomic mass is 16.5. The van der Waals surface area contributed by atoms with Gasteiger partial charge in [0.05, 0.1) is 0 Å². The van der Waals surface area contributed by atoms with Gasteiger partial charge in [0.25, 0.3) is 0 Å². The van der Waals surface area contributed by atoms with Gasteiger partial charge in [-0.15, -0.1) is 0 Å². The third-order valence-corrected chi connectivity index (χ3v) is 5.39. The highest BCUT2D eigenvalue weighted by molar-refractivity contribution is 5.75. The SMILES string of the molecule is CCCCC/C=C\CCCC(CC/C=C\CCCCC)OC(=O)[C@@H](N)CCCCN. The van der Waals surface area contributed by atoms with Crippen molar-refractivity contribution in [2.45, 2.75) is 129 Å². The fourth-order valence-electron chi connectivity index (χ4n) is 3.38. The Kier molecular flexibility index (Phi) is 21.7. The van der Waals surface area contributed by atoms with Crippen LogP contribution in [0.3, 0.4) is 0 Å². The largest absolute Gasteiger partial charge is 0.461 e. The predicted molar refractivity (Wildman–Crippen MR) is 130 cm³/mol. The van der Waals surface area contributed by atoms with Crippen molar-refractivity contribution in [1.82, 2.24) is 0 Å². The molecular weight excluding hydrogens is 372 g/mol. The van der Waals surface area contributed by atoms with Gasteiger partial charge in [0.15, 0.2) is 0 Å². The van der Waals surface area contributed by atoms with Crippen LogP contribution in [0.25, 0.3) is 0 Å². The molecule has 0 saturated carbocycles. The minimum atomic E-state index is -0.526. The third-order valence-electron chi connectivity index (χ3n) is 5.39. The van der Waals surface area contributed by atoms with Crippen LogP contribution < -0.4 is 11.5 Å². The number of unbranched alkanes of at least 4 members (excludes halogenated alkanes) is 8. The molecule has 0 rings (SSSR count). The summed E-state index contributed by atoms with van der Waals surface area (Å²) in [5, 5.41) is 0. The first-order chi connectivity index (χ1) is 14.7. The van der Waals surface area contributed by atoms with E-state index in [-0.39, 0.29) is 12.1 Å². The number of esters is 1. The van der Waals surface area contributed by atoms with Crippen molar-refractivity contribution in [2.75, 3.05) is 6.54 Å². The van der Waals surface area contributed by atoms with Crippen molar-refractivity contribution in [2.24, 2.45) is 11.5 Å². The molecule has 0 saturated heterocycles. The molecule has 0 aliphatic rings. The maximum Gasteiger partial charge on any atom is 0.323 e. The van der Waals surface area contributed by atoms with Crippen LogP contribution in [0.2, 0.25) is 0 Å². The second-order valence-corrected chi connectivity index (χ2v) is 8.39. The monoisotopic (exact) mass is 422 g/mol. The molecule has 0 bridgehead atoms. The van der Waals surface area contributed by atoms with E-state index in [0.717, 1.165) is 51.4 Å². The Morgan fingerprint density at radius 2 is 1.30 bits per heavy atom. The number of hydrogen-bond donors (Lipinski definition) is 2. The molecule has 0 spiro atoms. The number of hydrogen-bond acceptors (Lipinski definition) is 4. The highest BCUT2D eigenvalue weighted by Crippen LogP contribution is 2.15. The van der Waals surface area contributed by atoms with Gasteiger partial charge in [-0.3, -0.25) is 4.79 Å². The molecule has 1 unspecified atom stereocenters. The maximum atomic E-state index is 12.4. The van der Waals surface area contributed by atoms with E-state index in [1.165, 1.54) is 44.9 Å². The molecule has 0 aromatic rings. The van der Waals surface area contributed by atoms with Crippen LogP contribution in [0.5, 0.6) is 0 Å². The van der Waals surface area contributed by atoms with Crippen LogP contribution in [-0.2, 0) is 9.53 Å². The summed E-state index contributed by atoms with van der Waals surface area (Å²) in [6, 6.07) is -0.526. The molecule has 4 heteroatoms. The van der Waals surface area contributed by atoms with Gasteiger partial charge in [-0.2, -0.15) is 0 Å². The second-order valence-electron chi connectivity index (χ2n) is 8.39. The first-order valence-corrected chi connectivity index (χ1v) is 12.6. The lowest BCUT2D eigenvalue weighted by atomic mass is 10.1. The molecule has 176 valence electrons. The summed E-state index contributed by atoms with van der Waals surface area (Å²) in [4.78, 5) is 12.4. The standard InChI is InChI=1S/C26H50N2O2/c1-3-5-7-9-11-13-15-17-21-24(20-16-14-12-10-8-6-4-2)30-26(29)25(28)22-18-19-23-27/h11-14,24-25H,3-10,15-23,27-28H2,1-2H3/b13-11-,14-12-/t24?,25-/m0/s1. The molecule has 4 N–H and O–H groups in total. The Morgan fingerprint density at radius 3 is 1.87 bits per heavy atom. The first-order valence-electron chi connectivity index (χ1n) is 12.6. The number of nitrogens with two attached hydrogens (primary N) is 2. The fourth-order valence-corrected chi connectivity index (χ4v) is 3.38. The molecule has 0 heterocycles. The number of carbonyl (C=O) groups excluding carboxylic acids is 1. The first kappa shape index (κ1) is 28.9. The summed E-state index contributed by atoms with van der Waals surface area (Å²) in [6.45, 7) is 5.10. The van der Waals surface area contributed by atoms with Crippen LogP contribution >= 0.6 is 0 Å². The number of carbonyl (C=O) groups is 1. The van der Waals surface area contributed by atoms with E-state index in [4.69, 9.17) is 16.2 Å². The van der Waals surface area contributed by atoms with Gasteiger partial charge in [-0.05, 0) is 77.2 Å². The molecular formula is C26H50N2O2. The quantitative estimate of drug-likeness (QED) is 0.124. The molecule has 30 heavy (non-hydrogen) atoms. The van der Waals surface area contributed by atoms with Gasteiger partial charge in [-0.25, -0.2) is 0 Å². The molecule has 0 radical (unpaired) electrons. The number of rotatable bonds is 21. The summed E-state index contributed by atoms with van der Waals surface area (Å²) in [6.07, 6.45) is 26.3. The van der Waals surface area contributed by atoms with Gasteiger partial charge in [0, 0.05) is 0 Å². The van der Waals surface area contributed by atoms with Crippen molar-refractivity contribution < 1.29 is 9.53 Å². The zero-order valence-electron chi connectivity index (χ0n) is 20.0. The van der Waals surface area contributed by atoms with Crippen molar-refractivity contribution in [3.05, 3.63) is 24.3 Å². The lowest BCUT2D eigenvalue weighted by Crippen LogP contribution is -2.35. The predicted octanol–water partition coefficient (Wildman–Crippen LogP) is 6.58. The van der Waals surface area contributed by atoms with E-state index in [1.54, 1.807) is 0 Å². The van der Waals surface area contributed by atoms with Crippen molar-refractivity contribution in [3.8, 4) is 0 Å². The Bertz CT molecular complexity index is 435. The van der Waals surface area contributed by atoms with Crippen LogP contribution in [0, 0.1) is 0 Å². The summed E-state index contributed by atoms with van der Waals surface area (Å²) >= 11 is 0. The molecule has 0 aromatic heterocycles. The summed E-state index contributed by atoms with van der Waals surface area (Å²) in [5.74, 6) is -0.251. The number of allylic oxidation sites excluding steroid dienone is 4. The van der Waals surface area contributed by atoms with Gasteiger partial charge in [-0.1, -0.05) is 70.3 Å². The van der Waals surface area contributed by atoms with Crippen molar-refractivity contribution >= 4 is 5.97 Å². The van der Waals surface area contributed by atoms with Crippen LogP contribution in [0.4, 0.5) is 0 Å². The van der Waals surface area contributed by atoms with Crippen LogP contribution in [-0.4, -0.2) is 24.7 Å². The van der Waals surface area contributed by atoms with E-state index in [2.05, 4.69) is 38.2 Å². The van der Waals surface area contributed by atoms with Crippen molar-refractivity contribution in [1.29, 1.82) is 0 Å².